The third-order valence-electron chi connectivity index (χ3n) is 5.35. The highest BCUT2D eigenvalue weighted by Gasteiger charge is 2.44. The first-order valence-corrected chi connectivity index (χ1v) is 7.67. The molecule has 1 N–H and O–H groups in total. The van der Waals surface area contributed by atoms with Crippen LogP contribution in [0.1, 0.15) is 30.4 Å². The molecule has 0 aromatic heterocycles. The Kier molecular flexibility index (Phi) is 3.51. The fourth-order valence-corrected chi connectivity index (χ4v) is 4.04. The van der Waals surface area contributed by atoms with Crippen LogP contribution in [0.2, 0.25) is 0 Å². The highest BCUT2D eigenvalue weighted by Crippen LogP contribution is 2.47. The molecule has 0 radical (unpaired) electrons. The molecule has 20 heavy (non-hydrogen) atoms. The quantitative estimate of drug-likeness (QED) is 0.915. The first-order valence-electron chi connectivity index (χ1n) is 7.67. The van der Waals surface area contributed by atoms with Gasteiger partial charge in [-0.1, -0.05) is 6.07 Å². The van der Waals surface area contributed by atoms with Crippen LogP contribution >= 0.6 is 0 Å². The number of hydrogen-bond acceptors (Lipinski definition) is 3. The smallest absolute Gasteiger partial charge is 0.115 e. The Morgan fingerprint density at radius 3 is 2.95 bits per heavy atom. The SMILES string of the molecule is CN(C)CCC12CCN(C)C(Cc3ccc(O)cc31)C2. The van der Waals surface area contributed by atoms with Gasteiger partial charge in [0.15, 0.2) is 0 Å². The van der Waals surface area contributed by atoms with E-state index in [1.807, 2.05) is 12.1 Å². The number of phenols is 1. The van der Waals surface area contributed by atoms with Gasteiger partial charge in [0, 0.05) is 6.04 Å². The van der Waals surface area contributed by atoms with Gasteiger partial charge in [0.05, 0.1) is 0 Å². The molecule has 0 amide bonds. The van der Waals surface area contributed by atoms with Crippen molar-refractivity contribution in [2.75, 3.05) is 34.2 Å². The Balaban J connectivity index is 2.00. The predicted molar refractivity (Wildman–Crippen MR) is 82.3 cm³/mol. The average molecular weight is 274 g/mol. The lowest BCUT2D eigenvalue weighted by Crippen LogP contribution is -2.52. The first-order chi connectivity index (χ1) is 9.50. The summed E-state index contributed by atoms with van der Waals surface area (Å²) in [6.45, 7) is 2.29. The normalized spacial score (nSPS) is 29.5. The summed E-state index contributed by atoms with van der Waals surface area (Å²) in [6.07, 6.45) is 4.79. The molecule has 3 heteroatoms. The summed E-state index contributed by atoms with van der Waals surface area (Å²) in [6, 6.07) is 6.69. The van der Waals surface area contributed by atoms with Gasteiger partial charge in [-0.15, -0.1) is 0 Å². The predicted octanol–water partition coefficient (Wildman–Crippen LogP) is 2.23. The van der Waals surface area contributed by atoms with Crippen molar-refractivity contribution < 1.29 is 5.11 Å². The lowest BCUT2D eigenvalue weighted by molar-refractivity contribution is 0.0927. The molecule has 1 aliphatic heterocycles. The molecule has 0 saturated carbocycles. The maximum atomic E-state index is 9.91. The second kappa shape index (κ2) is 5.05. The highest BCUT2D eigenvalue weighted by atomic mass is 16.3. The molecule has 110 valence electrons. The number of rotatable bonds is 3. The van der Waals surface area contributed by atoms with Gasteiger partial charge >= 0.3 is 0 Å². The summed E-state index contributed by atoms with van der Waals surface area (Å²) in [7, 11) is 6.55. The third-order valence-corrected chi connectivity index (χ3v) is 5.35. The number of aromatic hydroxyl groups is 1. The Labute approximate surface area is 122 Å². The zero-order valence-corrected chi connectivity index (χ0v) is 12.9. The van der Waals surface area contributed by atoms with Crippen molar-refractivity contribution in [3.63, 3.8) is 0 Å². The van der Waals surface area contributed by atoms with Crippen LogP contribution in [0, 0.1) is 0 Å². The molecule has 2 bridgehead atoms. The number of piperidine rings is 1. The van der Waals surface area contributed by atoms with Crippen molar-refractivity contribution >= 4 is 0 Å². The fourth-order valence-electron chi connectivity index (χ4n) is 4.04. The molecule has 2 unspecified atom stereocenters. The van der Waals surface area contributed by atoms with Crippen LogP contribution < -0.4 is 0 Å². The molecule has 3 nitrogen and oxygen atoms in total. The van der Waals surface area contributed by atoms with Gasteiger partial charge in [-0.25, -0.2) is 0 Å². The van der Waals surface area contributed by atoms with Gasteiger partial charge in [-0.3, -0.25) is 0 Å². The van der Waals surface area contributed by atoms with E-state index in [-0.39, 0.29) is 5.41 Å². The molecule has 1 fully saturated rings. The van der Waals surface area contributed by atoms with Gasteiger partial charge in [0.25, 0.3) is 0 Å². The fraction of sp³-hybridized carbons (Fsp3) is 0.647. The van der Waals surface area contributed by atoms with Crippen LogP contribution in [0.25, 0.3) is 0 Å². The maximum absolute atomic E-state index is 9.91. The van der Waals surface area contributed by atoms with E-state index in [1.54, 1.807) is 0 Å². The summed E-state index contributed by atoms with van der Waals surface area (Å²) >= 11 is 0. The van der Waals surface area contributed by atoms with Crippen molar-refractivity contribution in [2.45, 2.75) is 37.1 Å². The average Bonchev–Trinajstić information content (AvgIpc) is 2.42. The summed E-state index contributed by atoms with van der Waals surface area (Å²) < 4.78 is 0. The minimum Gasteiger partial charge on any atom is -0.508 e. The number of benzene rings is 1. The zero-order valence-electron chi connectivity index (χ0n) is 12.9. The molecule has 1 aromatic carbocycles. The van der Waals surface area contributed by atoms with Crippen LogP contribution in [-0.4, -0.2) is 55.2 Å². The largest absolute Gasteiger partial charge is 0.508 e. The van der Waals surface area contributed by atoms with Crippen LogP contribution in [0.4, 0.5) is 0 Å². The molecule has 2 atom stereocenters. The van der Waals surface area contributed by atoms with Crippen LogP contribution in [-0.2, 0) is 11.8 Å². The van der Waals surface area contributed by atoms with E-state index in [4.69, 9.17) is 0 Å². The second-order valence-electron chi connectivity index (χ2n) is 6.97. The van der Waals surface area contributed by atoms with Crippen molar-refractivity contribution in [3.8, 4) is 5.75 Å². The van der Waals surface area contributed by atoms with Crippen LogP contribution in [0.15, 0.2) is 18.2 Å². The van der Waals surface area contributed by atoms with Crippen molar-refractivity contribution in [3.05, 3.63) is 29.3 Å². The van der Waals surface area contributed by atoms with Gasteiger partial charge in [-0.05, 0) is 88.6 Å². The Morgan fingerprint density at radius 1 is 1.40 bits per heavy atom. The van der Waals surface area contributed by atoms with Crippen molar-refractivity contribution in [1.82, 2.24) is 9.80 Å². The number of hydrogen-bond donors (Lipinski definition) is 1. The first kappa shape index (κ1) is 13.9. The van der Waals surface area contributed by atoms with Crippen LogP contribution in [0.3, 0.4) is 0 Å². The molecule has 2 aliphatic rings. The summed E-state index contributed by atoms with van der Waals surface area (Å²) in [5.74, 6) is 0.422. The Morgan fingerprint density at radius 2 is 2.20 bits per heavy atom. The molecule has 1 saturated heterocycles. The minimum atomic E-state index is 0.272. The van der Waals surface area contributed by atoms with E-state index in [2.05, 4.69) is 37.0 Å². The van der Waals surface area contributed by atoms with Crippen molar-refractivity contribution in [1.29, 1.82) is 0 Å². The topological polar surface area (TPSA) is 26.7 Å². The van der Waals surface area contributed by atoms with E-state index in [0.29, 0.717) is 11.8 Å². The van der Waals surface area contributed by atoms with E-state index < -0.39 is 0 Å². The number of fused-ring (bicyclic) bond motifs is 4. The van der Waals surface area contributed by atoms with Crippen LogP contribution in [0.5, 0.6) is 5.75 Å². The molecule has 1 aromatic rings. The molecule has 1 aliphatic carbocycles. The maximum Gasteiger partial charge on any atom is 0.115 e. The van der Waals surface area contributed by atoms with Crippen molar-refractivity contribution in [2.24, 2.45) is 0 Å². The number of nitrogens with zero attached hydrogens (tertiary/aromatic N) is 2. The van der Waals surface area contributed by atoms with Gasteiger partial charge in [-0.2, -0.15) is 0 Å². The Hall–Kier alpha value is -1.06. The zero-order chi connectivity index (χ0) is 14.3. The molecule has 3 rings (SSSR count). The van der Waals surface area contributed by atoms with E-state index in [9.17, 15) is 5.11 Å². The number of phenolic OH excluding ortho intramolecular Hbond substituents is 1. The lowest BCUT2D eigenvalue weighted by atomic mass is 9.62. The van der Waals surface area contributed by atoms with E-state index in [1.165, 1.54) is 36.9 Å². The monoisotopic (exact) mass is 274 g/mol. The summed E-state index contributed by atoms with van der Waals surface area (Å²) in [5.41, 5.74) is 3.14. The van der Waals surface area contributed by atoms with Gasteiger partial charge in [0.2, 0.25) is 0 Å². The number of likely N-dealkylation sites (N-methyl/N-ethyl adjacent to an activating group) is 1. The molecule has 1 heterocycles. The second-order valence-corrected chi connectivity index (χ2v) is 6.97. The molecular weight excluding hydrogens is 248 g/mol. The van der Waals surface area contributed by atoms with E-state index in [0.717, 1.165) is 13.0 Å². The highest BCUT2D eigenvalue weighted by molar-refractivity contribution is 5.43. The third kappa shape index (κ3) is 2.33. The molecule has 0 spiro atoms. The van der Waals surface area contributed by atoms with E-state index >= 15 is 0 Å². The summed E-state index contributed by atoms with van der Waals surface area (Å²) in [5, 5.41) is 9.91. The minimum absolute atomic E-state index is 0.272. The standard InChI is InChI=1S/C17H26N2O/c1-18(2)8-6-17-7-9-19(3)14(12-17)10-13-4-5-15(20)11-16(13)17/h4-5,11,14,20H,6-10,12H2,1-3H3. The molecular formula is C17H26N2O. The Bertz CT molecular complexity index is 500. The lowest BCUT2D eigenvalue weighted by Gasteiger charge is -2.51. The van der Waals surface area contributed by atoms with Gasteiger partial charge < -0.3 is 14.9 Å². The summed E-state index contributed by atoms with van der Waals surface area (Å²) in [4.78, 5) is 4.79. The number of likely N-dealkylation sites (tertiary alicyclic amines) is 1. The van der Waals surface area contributed by atoms with Gasteiger partial charge in [0.1, 0.15) is 5.75 Å².